The third kappa shape index (κ3) is 4.52. The normalized spacial score (nSPS) is 23.2. The van der Waals surface area contributed by atoms with Crippen LogP contribution in [0, 0.1) is 5.92 Å². The van der Waals surface area contributed by atoms with Crippen LogP contribution in [-0.2, 0) is 11.3 Å². The first-order valence-corrected chi connectivity index (χ1v) is 12.9. The largest absolute Gasteiger partial charge is 0.351 e. The number of hydrogen-bond donors (Lipinski definition) is 0. The number of anilines is 1. The zero-order valence-electron chi connectivity index (χ0n) is 19.9. The lowest BCUT2D eigenvalue weighted by Crippen LogP contribution is -2.51. The molecule has 3 saturated heterocycles. The maximum atomic E-state index is 13.4. The zero-order chi connectivity index (χ0) is 22.8. The molecule has 1 amide bonds. The highest BCUT2D eigenvalue weighted by Crippen LogP contribution is 2.26. The molecular formula is C26H37N5O2. The Bertz CT molecular complexity index is 1040. The Morgan fingerprint density at radius 2 is 1.73 bits per heavy atom. The molecule has 4 heterocycles. The van der Waals surface area contributed by atoms with E-state index < -0.39 is 0 Å². The molecule has 0 radical (unpaired) electrons. The summed E-state index contributed by atoms with van der Waals surface area (Å²) in [6.45, 7) is 8.17. The first kappa shape index (κ1) is 22.4. The van der Waals surface area contributed by atoms with Gasteiger partial charge in [0, 0.05) is 38.8 Å². The lowest BCUT2D eigenvalue weighted by Gasteiger charge is -2.42. The smallest absolute Gasteiger partial charge is 0.293 e. The van der Waals surface area contributed by atoms with Crippen LogP contribution in [0.15, 0.2) is 29.1 Å². The van der Waals surface area contributed by atoms with Gasteiger partial charge in [-0.25, -0.2) is 4.98 Å². The Hall–Kier alpha value is -2.41. The average Bonchev–Trinajstić information content (AvgIpc) is 2.88. The van der Waals surface area contributed by atoms with Gasteiger partial charge < -0.3 is 19.3 Å². The van der Waals surface area contributed by atoms with Crippen LogP contribution in [-0.4, -0.2) is 70.6 Å². The number of nitrogens with zero attached hydrogens (tertiary/aromatic N) is 5. The van der Waals surface area contributed by atoms with Gasteiger partial charge >= 0.3 is 0 Å². The minimum absolute atomic E-state index is 0.0481. The van der Waals surface area contributed by atoms with Gasteiger partial charge in [0.1, 0.15) is 0 Å². The second kappa shape index (κ2) is 9.84. The number of para-hydroxylation sites is 2. The molecule has 0 unspecified atom stereocenters. The van der Waals surface area contributed by atoms with Crippen molar-refractivity contribution in [2.45, 2.75) is 64.5 Å². The van der Waals surface area contributed by atoms with Crippen LogP contribution in [0.5, 0.6) is 0 Å². The number of benzene rings is 1. The summed E-state index contributed by atoms with van der Waals surface area (Å²) in [6.07, 6.45) is 8.00. The summed E-state index contributed by atoms with van der Waals surface area (Å²) in [5.41, 5.74) is 1.66. The molecular weight excluding hydrogens is 414 g/mol. The van der Waals surface area contributed by atoms with E-state index in [1.807, 2.05) is 31.2 Å². The minimum Gasteiger partial charge on any atom is -0.351 e. The summed E-state index contributed by atoms with van der Waals surface area (Å²) < 4.78 is 1.80. The molecule has 178 valence electrons. The molecule has 0 spiro atoms. The molecule has 2 aromatic rings. The third-order valence-corrected chi connectivity index (χ3v) is 7.90. The van der Waals surface area contributed by atoms with Gasteiger partial charge in [0.25, 0.3) is 5.56 Å². The molecule has 0 N–H and O–H groups in total. The first-order valence-electron chi connectivity index (χ1n) is 12.9. The predicted octanol–water partition coefficient (Wildman–Crippen LogP) is 3.11. The van der Waals surface area contributed by atoms with E-state index in [9.17, 15) is 9.59 Å². The van der Waals surface area contributed by atoms with Crippen LogP contribution in [0.4, 0.5) is 5.82 Å². The second-order valence-corrected chi connectivity index (χ2v) is 9.91. The fourth-order valence-corrected chi connectivity index (χ4v) is 6.06. The quantitative estimate of drug-likeness (QED) is 0.715. The van der Waals surface area contributed by atoms with Crippen molar-refractivity contribution in [3.8, 4) is 0 Å². The van der Waals surface area contributed by atoms with E-state index in [4.69, 9.17) is 4.98 Å². The number of amides is 1. The Balaban J connectivity index is 1.27. The number of likely N-dealkylation sites (tertiary alicyclic amines) is 2. The van der Waals surface area contributed by atoms with Crippen molar-refractivity contribution in [3.05, 3.63) is 34.6 Å². The summed E-state index contributed by atoms with van der Waals surface area (Å²) in [5, 5.41) is 0. The lowest BCUT2D eigenvalue weighted by molar-refractivity contribution is -0.137. The fraction of sp³-hybridized carbons (Fsp3) is 0.654. The van der Waals surface area contributed by atoms with Gasteiger partial charge in [-0.15, -0.1) is 0 Å². The van der Waals surface area contributed by atoms with E-state index in [-0.39, 0.29) is 17.4 Å². The maximum Gasteiger partial charge on any atom is 0.293 e. The second-order valence-electron chi connectivity index (χ2n) is 9.91. The number of carbonyl (C=O) groups excluding carboxylic acids is 1. The maximum absolute atomic E-state index is 13.4. The highest BCUT2D eigenvalue weighted by molar-refractivity contribution is 5.80. The zero-order valence-corrected chi connectivity index (χ0v) is 19.9. The van der Waals surface area contributed by atoms with E-state index in [1.54, 1.807) is 4.57 Å². The molecule has 3 aliphatic heterocycles. The Labute approximate surface area is 196 Å². The average molecular weight is 452 g/mol. The predicted molar refractivity (Wildman–Crippen MR) is 132 cm³/mol. The monoisotopic (exact) mass is 451 g/mol. The van der Waals surface area contributed by atoms with Crippen molar-refractivity contribution in [2.24, 2.45) is 5.92 Å². The molecule has 3 fully saturated rings. The van der Waals surface area contributed by atoms with Crippen LogP contribution in [0.25, 0.3) is 11.0 Å². The number of aryl methyl sites for hydroxylation is 1. The van der Waals surface area contributed by atoms with Crippen molar-refractivity contribution in [1.29, 1.82) is 0 Å². The van der Waals surface area contributed by atoms with E-state index in [2.05, 4.69) is 14.7 Å². The fourth-order valence-electron chi connectivity index (χ4n) is 6.06. The summed E-state index contributed by atoms with van der Waals surface area (Å²) in [4.78, 5) is 38.2. The number of carbonyl (C=O) groups is 1. The van der Waals surface area contributed by atoms with Gasteiger partial charge in [0.15, 0.2) is 5.82 Å². The van der Waals surface area contributed by atoms with Crippen LogP contribution in [0.2, 0.25) is 0 Å². The van der Waals surface area contributed by atoms with E-state index >= 15 is 0 Å². The molecule has 1 aromatic carbocycles. The molecule has 1 aromatic heterocycles. The number of piperidine rings is 3. The van der Waals surface area contributed by atoms with Gasteiger partial charge in [-0.3, -0.25) is 9.59 Å². The van der Waals surface area contributed by atoms with Gasteiger partial charge in [-0.2, -0.15) is 0 Å². The van der Waals surface area contributed by atoms with Crippen molar-refractivity contribution in [1.82, 2.24) is 19.4 Å². The number of fused-ring (bicyclic) bond motifs is 1. The van der Waals surface area contributed by atoms with E-state index in [0.717, 1.165) is 56.4 Å². The SMILES string of the molecule is CCn1c(=O)c(N2CCC[C@H](C(=O)N3CCC(N4CCCCC4)CC3)C2)nc2ccccc21. The number of rotatable bonds is 4. The third-order valence-electron chi connectivity index (χ3n) is 7.90. The number of hydrogen-bond acceptors (Lipinski definition) is 5. The summed E-state index contributed by atoms with van der Waals surface area (Å²) in [5.74, 6) is 0.721. The highest BCUT2D eigenvalue weighted by Gasteiger charge is 2.34. The van der Waals surface area contributed by atoms with E-state index in [0.29, 0.717) is 24.9 Å². The topological polar surface area (TPSA) is 61.7 Å². The van der Waals surface area contributed by atoms with Gasteiger partial charge in [0.05, 0.1) is 17.0 Å². The molecule has 0 aliphatic carbocycles. The van der Waals surface area contributed by atoms with Crippen LogP contribution >= 0.6 is 0 Å². The molecule has 1 atom stereocenters. The summed E-state index contributed by atoms with van der Waals surface area (Å²) >= 11 is 0. The highest BCUT2D eigenvalue weighted by atomic mass is 16.2. The Kier molecular flexibility index (Phi) is 6.67. The lowest BCUT2D eigenvalue weighted by atomic mass is 9.94. The minimum atomic E-state index is -0.0494. The summed E-state index contributed by atoms with van der Waals surface area (Å²) in [6, 6.07) is 8.46. The van der Waals surface area contributed by atoms with Crippen LogP contribution < -0.4 is 10.5 Å². The van der Waals surface area contributed by atoms with Gasteiger partial charge in [-0.05, 0) is 70.7 Å². The first-order chi connectivity index (χ1) is 16.2. The van der Waals surface area contributed by atoms with Gasteiger partial charge in [0.2, 0.25) is 5.91 Å². The van der Waals surface area contributed by atoms with Crippen molar-refractivity contribution >= 4 is 22.8 Å². The van der Waals surface area contributed by atoms with E-state index in [1.165, 1.54) is 32.4 Å². The molecule has 0 saturated carbocycles. The summed E-state index contributed by atoms with van der Waals surface area (Å²) in [7, 11) is 0. The molecule has 33 heavy (non-hydrogen) atoms. The molecule has 0 bridgehead atoms. The van der Waals surface area contributed by atoms with Crippen molar-refractivity contribution in [3.63, 3.8) is 0 Å². The Morgan fingerprint density at radius 3 is 2.48 bits per heavy atom. The van der Waals surface area contributed by atoms with Gasteiger partial charge in [-0.1, -0.05) is 18.6 Å². The van der Waals surface area contributed by atoms with Crippen molar-refractivity contribution < 1.29 is 4.79 Å². The molecule has 5 rings (SSSR count). The van der Waals surface area contributed by atoms with Crippen molar-refractivity contribution in [2.75, 3.05) is 44.2 Å². The Morgan fingerprint density at radius 1 is 0.970 bits per heavy atom. The van der Waals surface area contributed by atoms with Crippen LogP contribution in [0.3, 0.4) is 0 Å². The molecule has 7 heteroatoms. The number of aromatic nitrogens is 2. The molecule has 7 nitrogen and oxygen atoms in total. The van der Waals surface area contributed by atoms with Crippen LogP contribution in [0.1, 0.15) is 51.9 Å². The molecule has 3 aliphatic rings. The standard InChI is InChI=1S/C26H37N5O2/c1-2-31-23-11-5-4-10-22(23)27-24(26(31)33)30-16-8-9-20(19-30)25(32)29-17-12-21(13-18-29)28-14-6-3-7-15-28/h4-5,10-11,20-21H,2-3,6-9,12-19H2,1H3/t20-/m0/s1.